The third kappa shape index (κ3) is 5.79. The van der Waals surface area contributed by atoms with Crippen LogP contribution in [0.25, 0.3) is 11.1 Å². The number of piperazine rings is 1. The first-order valence-corrected chi connectivity index (χ1v) is 13.5. The lowest BCUT2D eigenvalue weighted by Gasteiger charge is -2.36. The lowest BCUT2D eigenvalue weighted by Crippen LogP contribution is -2.49. The van der Waals surface area contributed by atoms with Gasteiger partial charge in [0.05, 0.1) is 10.5 Å². The maximum absolute atomic E-state index is 13.6. The van der Waals surface area contributed by atoms with Crippen molar-refractivity contribution in [3.8, 4) is 11.1 Å². The fraction of sp³-hybridized carbons (Fsp3) is 0.240. The molecule has 1 amide bonds. The van der Waals surface area contributed by atoms with Crippen molar-refractivity contribution < 1.29 is 26.4 Å². The predicted molar refractivity (Wildman–Crippen MR) is 135 cm³/mol. The smallest absolute Gasteiger partial charge is 0.368 e. The van der Waals surface area contributed by atoms with Crippen molar-refractivity contribution in [3.05, 3.63) is 81.8 Å². The average Bonchev–Trinajstić information content (AvgIpc) is 2.82. The van der Waals surface area contributed by atoms with Crippen molar-refractivity contribution in [1.82, 2.24) is 4.90 Å². The number of sulfone groups is 1. The number of anilines is 1. The van der Waals surface area contributed by atoms with E-state index in [-0.39, 0.29) is 16.4 Å². The number of carbonyl (C=O) groups excluding carboxylic acids is 1. The molecule has 5 nitrogen and oxygen atoms in total. The molecule has 1 heterocycles. The monoisotopic (exact) mass is 556 g/mol. The fourth-order valence-electron chi connectivity index (χ4n) is 4.09. The minimum absolute atomic E-state index is 0.00566. The minimum atomic E-state index is -4.41. The quantitative estimate of drug-likeness (QED) is 0.392. The van der Waals surface area contributed by atoms with Crippen LogP contribution in [-0.4, -0.2) is 51.7 Å². The third-order valence-electron chi connectivity index (χ3n) is 5.95. The molecule has 190 valence electrons. The van der Waals surface area contributed by atoms with Gasteiger partial charge in [-0.25, -0.2) is 8.42 Å². The molecule has 0 bridgehead atoms. The first-order valence-electron chi connectivity index (χ1n) is 10.8. The highest BCUT2D eigenvalue weighted by Gasteiger charge is 2.31. The average molecular weight is 557 g/mol. The summed E-state index contributed by atoms with van der Waals surface area (Å²) < 4.78 is 62.9. The van der Waals surface area contributed by atoms with Crippen LogP contribution in [0.3, 0.4) is 0 Å². The summed E-state index contributed by atoms with van der Waals surface area (Å²) in [6, 6.07) is 14.1. The van der Waals surface area contributed by atoms with Gasteiger partial charge in [0.2, 0.25) is 0 Å². The van der Waals surface area contributed by atoms with Crippen LogP contribution < -0.4 is 4.90 Å². The van der Waals surface area contributed by atoms with Crippen molar-refractivity contribution in [1.29, 1.82) is 0 Å². The van der Waals surface area contributed by atoms with Crippen LogP contribution in [-0.2, 0) is 16.0 Å². The number of hydrogen-bond donors (Lipinski definition) is 0. The Bertz CT molecular complexity index is 1380. The molecule has 0 unspecified atom stereocenters. The molecule has 0 atom stereocenters. The molecular formula is C25H21Cl2F3N2O3S. The van der Waals surface area contributed by atoms with Crippen molar-refractivity contribution in [2.75, 3.05) is 37.3 Å². The molecule has 4 rings (SSSR count). The molecule has 3 aromatic carbocycles. The number of benzene rings is 3. The molecule has 0 saturated carbocycles. The number of amides is 1. The standard InChI is InChI=1S/C25H21Cl2F3N2O3S/c1-36(34,35)21-6-7-22(16-12-18(26)14-19(27)13-16)23(15-21)24(33)32-10-8-31(9-11-32)20-4-2-17(3-5-20)25(28,29)30/h2-7,12-15H,8-11H2,1H3. The van der Waals surface area contributed by atoms with Gasteiger partial charge in [-0.15, -0.1) is 0 Å². The topological polar surface area (TPSA) is 57.7 Å². The SMILES string of the molecule is CS(=O)(=O)c1ccc(-c2cc(Cl)cc(Cl)c2)c(C(=O)N2CCN(c3ccc(C(F)(F)F)cc3)CC2)c1. The van der Waals surface area contributed by atoms with Crippen LogP contribution in [0.15, 0.2) is 65.6 Å². The van der Waals surface area contributed by atoms with Crippen molar-refractivity contribution in [2.45, 2.75) is 11.1 Å². The minimum Gasteiger partial charge on any atom is -0.368 e. The molecular weight excluding hydrogens is 536 g/mol. The van der Waals surface area contributed by atoms with Gasteiger partial charge in [-0.05, 0) is 65.7 Å². The van der Waals surface area contributed by atoms with Crippen LogP contribution in [0.1, 0.15) is 15.9 Å². The highest BCUT2D eigenvalue weighted by Crippen LogP contribution is 2.33. The molecule has 1 saturated heterocycles. The second-order valence-corrected chi connectivity index (χ2v) is 11.4. The zero-order valence-corrected chi connectivity index (χ0v) is 21.3. The van der Waals surface area contributed by atoms with Gasteiger partial charge >= 0.3 is 6.18 Å². The van der Waals surface area contributed by atoms with E-state index in [0.29, 0.717) is 53.0 Å². The van der Waals surface area contributed by atoms with Gasteiger partial charge in [0, 0.05) is 53.7 Å². The largest absolute Gasteiger partial charge is 0.416 e. The Morgan fingerprint density at radius 1 is 0.861 bits per heavy atom. The molecule has 36 heavy (non-hydrogen) atoms. The summed E-state index contributed by atoms with van der Waals surface area (Å²) in [5.41, 5.74) is 1.16. The molecule has 1 aliphatic rings. The normalized spacial score (nSPS) is 14.7. The zero-order chi connectivity index (χ0) is 26.3. The van der Waals surface area contributed by atoms with Gasteiger partial charge < -0.3 is 9.80 Å². The van der Waals surface area contributed by atoms with Crippen LogP contribution in [0.5, 0.6) is 0 Å². The summed E-state index contributed by atoms with van der Waals surface area (Å²) in [7, 11) is -3.57. The fourth-order valence-corrected chi connectivity index (χ4v) is 5.26. The maximum atomic E-state index is 13.6. The van der Waals surface area contributed by atoms with Crippen molar-refractivity contribution in [3.63, 3.8) is 0 Å². The molecule has 1 fully saturated rings. The van der Waals surface area contributed by atoms with E-state index in [1.165, 1.54) is 24.3 Å². The summed E-state index contributed by atoms with van der Waals surface area (Å²) in [5.74, 6) is -0.362. The van der Waals surface area contributed by atoms with Gasteiger partial charge in [-0.2, -0.15) is 13.2 Å². The van der Waals surface area contributed by atoms with Crippen molar-refractivity contribution in [2.24, 2.45) is 0 Å². The molecule has 0 aliphatic carbocycles. The Labute approximate surface area is 217 Å². The first-order chi connectivity index (χ1) is 16.8. The summed E-state index contributed by atoms with van der Waals surface area (Å²) in [6.07, 6.45) is -3.34. The molecule has 11 heteroatoms. The van der Waals surface area contributed by atoms with E-state index >= 15 is 0 Å². The molecule has 0 N–H and O–H groups in total. The van der Waals surface area contributed by atoms with E-state index in [9.17, 15) is 26.4 Å². The van der Waals surface area contributed by atoms with E-state index in [1.54, 1.807) is 29.2 Å². The maximum Gasteiger partial charge on any atom is 0.416 e. The summed E-state index contributed by atoms with van der Waals surface area (Å²) in [6.45, 7) is 1.42. The highest BCUT2D eigenvalue weighted by atomic mass is 35.5. The van der Waals surface area contributed by atoms with Gasteiger partial charge in [-0.1, -0.05) is 29.3 Å². The van der Waals surface area contributed by atoms with E-state index < -0.39 is 21.6 Å². The van der Waals surface area contributed by atoms with E-state index in [2.05, 4.69) is 0 Å². The number of carbonyl (C=O) groups is 1. The van der Waals surface area contributed by atoms with E-state index in [0.717, 1.165) is 18.4 Å². The Morgan fingerprint density at radius 2 is 1.44 bits per heavy atom. The molecule has 0 spiro atoms. The number of hydrogen-bond acceptors (Lipinski definition) is 4. The lowest BCUT2D eigenvalue weighted by atomic mass is 9.98. The van der Waals surface area contributed by atoms with Crippen LogP contribution in [0.4, 0.5) is 18.9 Å². The first kappa shape index (κ1) is 26.3. The summed E-state index contributed by atoms with van der Waals surface area (Å²) >= 11 is 12.3. The number of nitrogens with zero attached hydrogens (tertiary/aromatic N) is 2. The molecule has 0 aromatic heterocycles. The Hall–Kier alpha value is -2.75. The molecule has 0 radical (unpaired) electrons. The lowest BCUT2D eigenvalue weighted by molar-refractivity contribution is -0.137. The number of rotatable bonds is 4. The van der Waals surface area contributed by atoms with Gasteiger partial charge in [0.1, 0.15) is 0 Å². The molecule has 1 aliphatic heterocycles. The second kappa shape index (κ2) is 9.95. The van der Waals surface area contributed by atoms with Gasteiger partial charge in [-0.3, -0.25) is 4.79 Å². The van der Waals surface area contributed by atoms with Gasteiger partial charge in [0.25, 0.3) is 5.91 Å². The number of halogens is 5. The predicted octanol–water partition coefficient (Wildman–Crippen LogP) is 6.05. The van der Waals surface area contributed by atoms with E-state index in [1.807, 2.05) is 4.90 Å². The summed E-state index contributed by atoms with van der Waals surface area (Å²) in [4.78, 5) is 17.1. The molecule has 3 aromatic rings. The van der Waals surface area contributed by atoms with Crippen LogP contribution in [0.2, 0.25) is 10.0 Å². The highest BCUT2D eigenvalue weighted by molar-refractivity contribution is 7.90. The van der Waals surface area contributed by atoms with Crippen LogP contribution >= 0.6 is 23.2 Å². The number of alkyl halides is 3. The van der Waals surface area contributed by atoms with Crippen molar-refractivity contribution >= 4 is 44.6 Å². The second-order valence-electron chi connectivity index (χ2n) is 8.46. The Kier molecular flexibility index (Phi) is 7.28. The Morgan fingerprint density at radius 3 is 1.97 bits per heavy atom. The summed E-state index contributed by atoms with van der Waals surface area (Å²) in [5, 5.41) is 0.737. The van der Waals surface area contributed by atoms with E-state index in [4.69, 9.17) is 23.2 Å². The van der Waals surface area contributed by atoms with Gasteiger partial charge in [0.15, 0.2) is 9.84 Å². The van der Waals surface area contributed by atoms with Crippen LogP contribution in [0, 0.1) is 0 Å². The zero-order valence-electron chi connectivity index (χ0n) is 19.0. The Balaban J connectivity index is 1.60. The third-order valence-corrected chi connectivity index (χ3v) is 7.50.